The van der Waals surface area contributed by atoms with Gasteiger partial charge in [0.15, 0.2) is 0 Å². The van der Waals surface area contributed by atoms with Crippen LogP contribution in [-0.4, -0.2) is 97.1 Å². The monoisotopic (exact) mass is 750 g/mol. The molecule has 0 aromatic heterocycles. The van der Waals surface area contributed by atoms with Crippen LogP contribution in [0.15, 0.2) is 48.5 Å². The van der Waals surface area contributed by atoms with Gasteiger partial charge in [0.25, 0.3) is 0 Å². The summed E-state index contributed by atoms with van der Waals surface area (Å²) in [4.78, 5) is 38.1. The average molecular weight is 752 g/mol. The van der Waals surface area contributed by atoms with Crippen molar-refractivity contribution in [2.24, 2.45) is 0 Å². The molecular formula is C22H24N2O12Sb2. The maximum atomic E-state index is 9.97. The topological polar surface area (TPSA) is 305 Å². The molecule has 2 rings (SSSR count). The van der Waals surface area contributed by atoms with Gasteiger partial charge < -0.3 is 71.5 Å². The van der Waals surface area contributed by atoms with E-state index in [9.17, 15) is 60.0 Å². The summed E-state index contributed by atoms with van der Waals surface area (Å²) in [6, 6.07) is 15.6. The van der Waals surface area contributed by atoms with Gasteiger partial charge in [-0.15, -0.1) is 0 Å². The Bertz CT molecular complexity index is 829. The first-order valence-electron chi connectivity index (χ1n) is 9.62. The van der Waals surface area contributed by atoms with Crippen LogP contribution in [0.3, 0.4) is 0 Å². The van der Waals surface area contributed by atoms with E-state index in [-0.39, 0.29) is 51.7 Å². The predicted molar refractivity (Wildman–Crippen MR) is 120 cm³/mol. The zero-order valence-electron chi connectivity index (χ0n) is 21.9. The Morgan fingerprint density at radius 1 is 0.526 bits per heavy atom. The zero-order chi connectivity index (χ0) is 28.6. The molecule has 0 amide bonds. The molecule has 2 aromatic carbocycles. The minimum absolute atomic E-state index is 0. The van der Waals surface area contributed by atoms with Gasteiger partial charge in [-0.2, -0.15) is 0 Å². The SMILES string of the molecule is Cc1ccc(N)cc1.Cc1ccc(N)cc1.O=C([O-])C([O-])C([O-])C(=O)[O-].O=C([O-])C([O-])C([O-])C(=O)[O-].[H+].[H+].[Sb+3].[Sb+3]. The summed E-state index contributed by atoms with van der Waals surface area (Å²) >= 11 is 0. The summed E-state index contributed by atoms with van der Waals surface area (Å²) in [5, 5.41) is 78.0. The number of carbonyl (C=O) groups is 4. The van der Waals surface area contributed by atoms with Crippen molar-refractivity contribution in [1.29, 1.82) is 0 Å². The van der Waals surface area contributed by atoms with Gasteiger partial charge in [0, 0.05) is 35.3 Å². The van der Waals surface area contributed by atoms with E-state index in [1.54, 1.807) is 0 Å². The molecule has 0 bridgehead atoms. The summed E-state index contributed by atoms with van der Waals surface area (Å²) in [6.45, 7) is 4.08. The number of aliphatic carboxylic acids is 4. The molecule has 2 aromatic rings. The molecule has 0 spiro atoms. The number of anilines is 2. The number of benzene rings is 2. The smallest absolute Gasteiger partial charge is 0.848 e. The Kier molecular flexibility index (Phi) is 25.0. The van der Waals surface area contributed by atoms with E-state index in [2.05, 4.69) is 0 Å². The van der Waals surface area contributed by atoms with E-state index in [0.717, 1.165) is 11.4 Å². The second-order valence-electron chi connectivity index (χ2n) is 6.78. The van der Waals surface area contributed by atoms with Crippen molar-refractivity contribution < 1.29 is 62.9 Å². The number of rotatable bonds is 6. The van der Waals surface area contributed by atoms with Gasteiger partial charge in [-0.05, 0) is 38.1 Å². The third kappa shape index (κ3) is 20.5. The van der Waals surface area contributed by atoms with Gasteiger partial charge in [-0.3, -0.25) is 0 Å². The van der Waals surface area contributed by atoms with Gasteiger partial charge in [0.05, 0.1) is 0 Å². The Hall–Kier alpha value is -2.60. The van der Waals surface area contributed by atoms with Crippen molar-refractivity contribution in [1.82, 2.24) is 0 Å². The second-order valence-corrected chi connectivity index (χ2v) is 6.78. The molecule has 0 aliphatic carbocycles. The van der Waals surface area contributed by atoms with E-state index in [1.807, 2.05) is 62.4 Å². The van der Waals surface area contributed by atoms with Crippen LogP contribution >= 0.6 is 0 Å². The Morgan fingerprint density at radius 2 is 0.684 bits per heavy atom. The van der Waals surface area contributed by atoms with Crippen molar-refractivity contribution in [3.63, 3.8) is 0 Å². The fourth-order valence-electron chi connectivity index (χ4n) is 1.63. The van der Waals surface area contributed by atoms with E-state index in [1.165, 1.54) is 11.1 Å². The van der Waals surface area contributed by atoms with Crippen LogP contribution < -0.4 is 52.3 Å². The Labute approximate surface area is 255 Å². The quantitative estimate of drug-likeness (QED) is 0.205. The number of carboxylic acids is 4. The van der Waals surface area contributed by atoms with Gasteiger partial charge in [-0.1, -0.05) is 59.8 Å². The van der Waals surface area contributed by atoms with Crippen LogP contribution in [0, 0.1) is 13.8 Å². The fraction of sp³-hybridized carbons (Fsp3) is 0.273. The number of carbonyl (C=O) groups excluding carboxylic acids is 4. The summed E-state index contributed by atoms with van der Waals surface area (Å²) in [5.74, 6) is -8.93. The molecule has 0 heterocycles. The van der Waals surface area contributed by atoms with Crippen LogP contribution in [0.5, 0.6) is 0 Å². The van der Waals surface area contributed by atoms with E-state index < -0.39 is 48.3 Å². The molecule has 16 heteroatoms. The van der Waals surface area contributed by atoms with Gasteiger partial charge in [0.2, 0.25) is 0 Å². The third-order valence-corrected chi connectivity index (χ3v) is 3.63. The molecule has 0 aliphatic rings. The molecule has 38 heavy (non-hydrogen) atoms. The van der Waals surface area contributed by atoms with Crippen molar-refractivity contribution in [3.05, 3.63) is 59.7 Å². The van der Waals surface area contributed by atoms with E-state index in [0.29, 0.717) is 0 Å². The summed E-state index contributed by atoms with van der Waals surface area (Å²) in [5.41, 5.74) is 15.0. The number of nitrogens with two attached hydrogens (primary N) is 2. The minimum atomic E-state index is -2.80. The van der Waals surface area contributed by atoms with Crippen LogP contribution in [-0.2, 0) is 19.2 Å². The van der Waals surface area contributed by atoms with Crippen LogP contribution in [0.4, 0.5) is 11.4 Å². The largest absolute Gasteiger partial charge is 3.00 e. The molecule has 14 nitrogen and oxygen atoms in total. The van der Waals surface area contributed by atoms with E-state index in [4.69, 9.17) is 11.5 Å². The summed E-state index contributed by atoms with van der Waals surface area (Å²) in [7, 11) is 0. The molecule has 4 unspecified atom stereocenters. The van der Waals surface area contributed by atoms with Crippen molar-refractivity contribution in [2.75, 3.05) is 11.5 Å². The number of nitrogen functional groups attached to an aromatic ring is 2. The van der Waals surface area contributed by atoms with Crippen LogP contribution in [0.2, 0.25) is 0 Å². The standard InChI is InChI=1S/2C7H9N.2C4H4O6.2Sb/c2*1-6-2-4-7(8)5-3-6;2*5-1(3(7)8)2(6)4(9)10;;/h2*2-5H,8H2,1H3;2*1-2H,(H,7,8)(H,9,10);;/q;;2*-2;2*+3/p-2. The first-order valence-corrected chi connectivity index (χ1v) is 9.62. The molecule has 4 atom stereocenters. The van der Waals surface area contributed by atoms with Crippen molar-refractivity contribution >= 4 is 84.1 Å². The zero-order valence-corrected chi connectivity index (χ0v) is 25.0. The van der Waals surface area contributed by atoms with Crippen LogP contribution in [0.1, 0.15) is 14.0 Å². The Morgan fingerprint density at radius 3 is 0.789 bits per heavy atom. The summed E-state index contributed by atoms with van der Waals surface area (Å²) in [6.07, 6.45) is -11.2. The molecule has 4 radical (unpaired) electrons. The molecule has 0 saturated carbocycles. The number of hydrogen-bond donors (Lipinski definition) is 2. The summed E-state index contributed by atoms with van der Waals surface area (Å²) < 4.78 is 0. The number of aryl methyl sites for hydroxylation is 2. The third-order valence-electron chi connectivity index (χ3n) is 3.63. The predicted octanol–water partition coefficient (Wildman–Crippen LogP) is -9.49. The first-order chi connectivity index (χ1) is 16.5. The second kappa shape index (κ2) is 22.4. The fourth-order valence-corrected chi connectivity index (χ4v) is 1.63. The molecule has 4 N–H and O–H groups in total. The maximum Gasteiger partial charge on any atom is 3.00 e. The molecular weight excluding hydrogens is 728 g/mol. The molecule has 0 saturated heterocycles. The molecule has 204 valence electrons. The van der Waals surface area contributed by atoms with Gasteiger partial charge in [0.1, 0.15) is 0 Å². The van der Waals surface area contributed by atoms with E-state index >= 15 is 0 Å². The van der Waals surface area contributed by atoms with Gasteiger partial charge >= 0.3 is 51.7 Å². The Balaban J connectivity index is -0.0000000935. The van der Waals surface area contributed by atoms with Crippen molar-refractivity contribution in [2.45, 2.75) is 38.3 Å². The van der Waals surface area contributed by atoms with Crippen molar-refractivity contribution in [3.8, 4) is 0 Å². The number of hydrogen-bond acceptors (Lipinski definition) is 14. The minimum Gasteiger partial charge on any atom is -0.848 e. The molecule has 0 fully saturated rings. The number of carboxylic acid groups (broad SMARTS) is 4. The maximum absolute atomic E-state index is 9.97. The molecule has 0 aliphatic heterocycles. The normalized spacial score (nSPS) is 12.2. The average Bonchev–Trinajstić information content (AvgIpc) is 2.81. The van der Waals surface area contributed by atoms with Gasteiger partial charge in [-0.25, -0.2) is 0 Å². The van der Waals surface area contributed by atoms with Crippen LogP contribution in [0.25, 0.3) is 0 Å². The first kappa shape index (κ1) is 42.5.